The number of carbonyl (C=O) groups is 1. The molecule has 0 saturated heterocycles. The van der Waals surface area contributed by atoms with Crippen molar-refractivity contribution in [3.8, 4) is 5.75 Å². The smallest absolute Gasteiger partial charge is 0.287 e. The number of benzene rings is 2. The third-order valence-corrected chi connectivity index (χ3v) is 4.51. The topological polar surface area (TPSA) is 44.1 Å². The van der Waals surface area contributed by atoms with Crippen LogP contribution >= 0.6 is 0 Å². The maximum atomic E-state index is 12.8. The lowest BCUT2D eigenvalue weighted by Crippen LogP contribution is -2.30. The molecule has 0 aliphatic rings. The molecule has 1 heterocycles. The molecule has 0 N–H and O–H groups in total. The van der Waals surface area contributed by atoms with Crippen LogP contribution in [0.4, 0.5) is 0 Å². The van der Waals surface area contributed by atoms with Gasteiger partial charge in [0.25, 0.3) is 5.91 Å². The third kappa shape index (κ3) is 3.29. The van der Waals surface area contributed by atoms with Crippen LogP contribution in [0.5, 0.6) is 5.75 Å². The number of aryl methyl sites for hydroxylation is 1. The second-order valence-corrected chi connectivity index (χ2v) is 6.76. The first kappa shape index (κ1) is 17.2. The van der Waals surface area contributed by atoms with Gasteiger partial charge in [0, 0.05) is 5.69 Å². The van der Waals surface area contributed by atoms with Gasteiger partial charge in [0.05, 0.1) is 5.69 Å². The minimum Gasteiger partial charge on any atom is -0.481 e. The quantitative estimate of drug-likeness (QED) is 0.682. The van der Waals surface area contributed by atoms with Gasteiger partial charge in [-0.25, -0.2) is 4.68 Å². The van der Waals surface area contributed by atoms with Crippen LogP contribution in [0.15, 0.2) is 42.5 Å². The van der Waals surface area contributed by atoms with Crippen molar-refractivity contribution in [1.29, 1.82) is 0 Å². The minimum absolute atomic E-state index is 0.152. The van der Waals surface area contributed by atoms with Crippen molar-refractivity contribution in [2.45, 2.75) is 46.6 Å². The van der Waals surface area contributed by atoms with Crippen LogP contribution in [-0.4, -0.2) is 21.8 Å². The molecule has 3 rings (SSSR count). The van der Waals surface area contributed by atoms with Crippen molar-refractivity contribution in [3.63, 3.8) is 0 Å². The molecule has 25 heavy (non-hydrogen) atoms. The zero-order chi connectivity index (χ0) is 18.1. The van der Waals surface area contributed by atoms with Gasteiger partial charge < -0.3 is 4.74 Å². The predicted molar refractivity (Wildman–Crippen MR) is 100 cm³/mol. The van der Waals surface area contributed by atoms with E-state index < -0.39 is 6.10 Å². The van der Waals surface area contributed by atoms with Crippen LogP contribution in [0.3, 0.4) is 0 Å². The van der Waals surface area contributed by atoms with Gasteiger partial charge in [-0.3, -0.25) is 4.79 Å². The molecule has 1 atom stereocenters. The molecular weight excluding hydrogens is 312 g/mol. The molecule has 0 fully saturated rings. The molecule has 0 amide bonds. The van der Waals surface area contributed by atoms with E-state index in [4.69, 9.17) is 4.74 Å². The average molecular weight is 336 g/mol. The molecule has 1 aromatic heterocycles. The van der Waals surface area contributed by atoms with Gasteiger partial charge in [-0.15, -0.1) is 0 Å². The number of rotatable bonds is 4. The summed E-state index contributed by atoms with van der Waals surface area (Å²) in [5.41, 5.74) is 2.93. The fourth-order valence-electron chi connectivity index (χ4n) is 3.37. The standard InChI is InChI=1S/C21H24N2O2/c1-13(2)20-14(3)22-23(15(20)4)21(24)16(5)25-19-11-10-17-8-6-7-9-18(17)12-19/h6-13,16H,1-5H3. The third-order valence-electron chi connectivity index (χ3n) is 4.51. The van der Waals surface area contributed by atoms with Crippen molar-refractivity contribution >= 4 is 16.7 Å². The summed E-state index contributed by atoms with van der Waals surface area (Å²) >= 11 is 0. The Balaban J connectivity index is 1.84. The lowest BCUT2D eigenvalue weighted by molar-refractivity contribution is 0.0707. The van der Waals surface area contributed by atoms with Crippen molar-refractivity contribution in [2.24, 2.45) is 0 Å². The van der Waals surface area contributed by atoms with Gasteiger partial charge in [-0.05, 0) is 55.2 Å². The van der Waals surface area contributed by atoms with Crippen molar-refractivity contribution in [3.05, 3.63) is 59.4 Å². The first-order valence-electron chi connectivity index (χ1n) is 8.64. The molecule has 130 valence electrons. The van der Waals surface area contributed by atoms with Gasteiger partial charge in [0.1, 0.15) is 5.75 Å². The van der Waals surface area contributed by atoms with E-state index >= 15 is 0 Å². The summed E-state index contributed by atoms with van der Waals surface area (Å²) in [6, 6.07) is 13.9. The molecule has 0 aliphatic carbocycles. The van der Waals surface area contributed by atoms with Gasteiger partial charge >= 0.3 is 0 Å². The SMILES string of the molecule is Cc1nn(C(=O)C(C)Oc2ccc3ccccc3c2)c(C)c1C(C)C. The number of hydrogen-bond acceptors (Lipinski definition) is 3. The van der Waals surface area contributed by atoms with Crippen LogP contribution in [0.2, 0.25) is 0 Å². The summed E-state index contributed by atoms with van der Waals surface area (Å²) in [6.07, 6.45) is -0.612. The first-order valence-corrected chi connectivity index (χ1v) is 8.64. The Bertz CT molecular complexity index is 925. The van der Waals surface area contributed by atoms with Crippen LogP contribution in [0.1, 0.15) is 48.4 Å². The normalized spacial score (nSPS) is 12.6. The molecule has 0 radical (unpaired) electrons. The number of ether oxygens (including phenoxy) is 1. The van der Waals surface area contributed by atoms with E-state index in [9.17, 15) is 4.79 Å². The van der Waals surface area contributed by atoms with Gasteiger partial charge in [0.2, 0.25) is 0 Å². The number of nitrogens with zero attached hydrogens (tertiary/aromatic N) is 2. The Morgan fingerprint density at radius 1 is 1.04 bits per heavy atom. The predicted octanol–water partition coefficient (Wildman–Crippen LogP) is 4.88. The number of carbonyl (C=O) groups excluding carboxylic acids is 1. The zero-order valence-electron chi connectivity index (χ0n) is 15.4. The highest BCUT2D eigenvalue weighted by Crippen LogP contribution is 2.24. The van der Waals surface area contributed by atoms with Crippen LogP contribution < -0.4 is 4.74 Å². The van der Waals surface area contributed by atoms with Crippen LogP contribution in [-0.2, 0) is 0 Å². The summed E-state index contributed by atoms with van der Waals surface area (Å²) in [5, 5.41) is 6.67. The monoisotopic (exact) mass is 336 g/mol. The lowest BCUT2D eigenvalue weighted by atomic mass is 10.0. The summed E-state index contributed by atoms with van der Waals surface area (Å²) in [5.74, 6) is 0.865. The highest BCUT2D eigenvalue weighted by atomic mass is 16.5. The fraction of sp³-hybridized carbons (Fsp3) is 0.333. The second-order valence-electron chi connectivity index (χ2n) is 6.76. The molecular formula is C21H24N2O2. The summed E-state index contributed by atoms with van der Waals surface area (Å²) in [7, 11) is 0. The average Bonchev–Trinajstić information content (AvgIpc) is 2.88. The van der Waals surface area contributed by atoms with E-state index in [1.807, 2.05) is 50.2 Å². The Labute approximate surface area is 148 Å². The number of aromatic nitrogens is 2. The van der Waals surface area contributed by atoms with Gasteiger partial charge in [-0.1, -0.05) is 44.2 Å². The maximum absolute atomic E-state index is 12.8. The number of hydrogen-bond donors (Lipinski definition) is 0. The Kier molecular flexibility index (Phi) is 4.62. The second kappa shape index (κ2) is 6.71. The van der Waals surface area contributed by atoms with Crippen LogP contribution in [0, 0.1) is 13.8 Å². The van der Waals surface area contributed by atoms with E-state index in [0.29, 0.717) is 11.7 Å². The maximum Gasteiger partial charge on any atom is 0.287 e. The van der Waals surface area contributed by atoms with E-state index in [2.05, 4.69) is 25.0 Å². The molecule has 2 aromatic carbocycles. The number of fused-ring (bicyclic) bond motifs is 1. The molecule has 1 unspecified atom stereocenters. The fourth-order valence-corrected chi connectivity index (χ4v) is 3.37. The summed E-state index contributed by atoms with van der Waals surface area (Å²) in [4.78, 5) is 12.8. The van der Waals surface area contributed by atoms with Crippen LogP contribution in [0.25, 0.3) is 10.8 Å². The molecule has 4 nitrogen and oxygen atoms in total. The lowest BCUT2D eigenvalue weighted by Gasteiger charge is -2.15. The summed E-state index contributed by atoms with van der Waals surface area (Å²) in [6.45, 7) is 9.88. The van der Waals surface area contributed by atoms with Crippen molar-refractivity contribution in [2.75, 3.05) is 0 Å². The Morgan fingerprint density at radius 2 is 1.72 bits per heavy atom. The van der Waals surface area contributed by atoms with E-state index in [1.54, 1.807) is 6.92 Å². The molecule has 4 heteroatoms. The van der Waals surface area contributed by atoms with E-state index in [-0.39, 0.29) is 5.91 Å². The van der Waals surface area contributed by atoms with E-state index in [0.717, 1.165) is 27.7 Å². The largest absolute Gasteiger partial charge is 0.481 e. The van der Waals surface area contributed by atoms with E-state index in [1.165, 1.54) is 4.68 Å². The van der Waals surface area contributed by atoms with Crippen molar-refractivity contribution < 1.29 is 9.53 Å². The molecule has 0 spiro atoms. The molecule has 0 aliphatic heterocycles. The molecule has 0 saturated carbocycles. The highest BCUT2D eigenvalue weighted by molar-refractivity contribution is 5.85. The van der Waals surface area contributed by atoms with Gasteiger partial charge in [-0.2, -0.15) is 5.10 Å². The Morgan fingerprint density at radius 3 is 2.36 bits per heavy atom. The molecule has 3 aromatic rings. The first-order chi connectivity index (χ1) is 11.9. The summed E-state index contributed by atoms with van der Waals surface area (Å²) < 4.78 is 7.38. The zero-order valence-corrected chi connectivity index (χ0v) is 15.4. The molecule has 0 bridgehead atoms. The van der Waals surface area contributed by atoms with Gasteiger partial charge in [0.15, 0.2) is 6.10 Å². The minimum atomic E-state index is -0.612. The van der Waals surface area contributed by atoms with Crippen molar-refractivity contribution in [1.82, 2.24) is 9.78 Å². The Hall–Kier alpha value is -2.62. The highest BCUT2D eigenvalue weighted by Gasteiger charge is 2.23.